The van der Waals surface area contributed by atoms with Gasteiger partial charge in [0.15, 0.2) is 0 Å². The maximum absolute atomic E-state index is 12.3. The van der Waals surface area contributed by atoms with Gasteiger partial charge in [-0.1, -0.05) is 23.2 Å². The van der Waals surface area contributed by atoms with Crippen molar-refractivity contribution in [3.05, 3.63) is 50.8 Å². The highest BCUT2D eigenvalue weighted by molar-refractivity contribution is 6.35. The second-order valence-electron chi connectivity index (χ2n) is 4.78. The van der Waals surface area contributed by atoms with Crippen molar-refractivity contribution in [1.29, 1.82) is 0 Å². The Balaban J connectivity index is 2.22. The van der Waals surface area contributed by atoms with E-state index in [0.29, 0.717) is 16.4 Å². The molecule has 0 spiro atoms. The van der Waals surface area contributed by atoms with Gasteiger partial charge in [0.2, 0.25) is 0 Å². The summed E-state index contributed by atoms with van der Waals surface area (Å²) in [6.07, 6.45) is -0.00988. The number of aliphatic carboxylic acids is 1. The van der Waals surface area contributed by atoms with E-state index in [1.165, 1.54) is 12.1 Å². The molecule has 2 N–H and O–H groups in total. The van der Waals surface area contributed by atoms with E-state index in [2.05, 4.69) is 5.32 Å². The summed E-state index contributed by atoms with van der Waals surface area (Å²) in [5.74, 6) is -1.56. The first-order valence-electron chi connectivity index (χ1n) is 6.36. The molecule has 0 saturated heterocycles. The van der Waals surface area contributed by atoms with Gasteiger partial charge in [0, 0.05) is 22.8 Å². The fourth-order valence-corrected chi connectivity index (χ4v) is 2.50. The monoisotopic (exact) mass is 341 g/mol. The van der Waals surface area contributed by atoms with E-state index in [-0.39, 0.29) is 28.3 Å². The zero-order chi connectivity index (χ0) is 16.4. The van der Waals surface area contributed by atoms with Crippen LogP contribution in [0.15, 0.2) is 40.7 Å². The van der Waals surface area contributed by atoms with Gasteiger partial charge < -0.3 is 15.2 Å². The molecular weight excluding hydrogens is 329 g/mol. The van der Waals surface area contributed by atoms with Crippen molar-refractivity contribution < 1.29 is 19.4 Å². The summed E-state index contributed by atoms with van der Waals surface area (Å²) in [5, 5.41) is 12.6. The van der Waals surface area contributed by atoms with E-state index >= 15 is 0 Å². The van der Waals surface area contributed by atoms with Gasteiger partial charge >= 0.3 is 11.9 Å². The lowest BCUT2D eigenvalue weighted by atomic mass is 9.98. The Bertz CT molecular complexity index is 722. The Labute approximate surface area is 137 Å². The molecule has 0 bridgehead atoms. The van der Waals surface area contributed by atoms with Gasteiger partial charge in [-0.15, -0.1) is 0 Å². The van der Waals surface area contributed by atoms with Crippen LogP contribution in [0.2, 0.25) is 10.0 Å². The molecule has 0 amide bonds. The largest absolute Gasteiger partial charge is 0.478 e. The summed E-state index contributed by atoms with van der Waals surface area (Å²) in [4.78, 5) is 23.4. The first-order chi connectivity index (χ1) is 10.3. The Morgan fingerprint density at radius 1 is 1.18 bits per heavy atom. The molecule has 1 heterocycles. The maximum Gasteiger partial charge on any atom is 0.341 e. The average Bonchev–Trinajstić information content (AvgIpc) is 2.41. The van der Waals surface area contributed by atoms with Gasteiger partial charge in [0.1, 0.15) is 5.75 Å². The predicted octanol–water partition coefficient (Wildman–Crippen LogP) is 3.52. The summed E-state index contributed by atoms with van der Waals surface area (Å²) >= 11 is 11.7. The Morgan fingerprint density at radius 2 is 1.82 bits per heavy atom. The van der Waals surface area contributed by atoms with Crippen molar-refractivity contribution >= 4 is 35.1 Å². The fourth-order valence-electron chi connectivity index (χ4n) is 2.05. The van der Waals surface area contributed by atoms with Gasteiger partial charge in [0.05, 0.1) is 16.2 Å². The number of ether oxygens (including phenoxy) is 1. The molecule has 1 aliphatic heterocycles. The molecule has 1 aromatic carbocycles. The molecule has 0 radical (unpaired) electrons. The fraction of sp³-hybridized carbons (Fsp3) is 0.200. The number of hydrogen-bond acceptors (Lipinski definition) is 4. The zero-order valence-electron chi connectivity index (χ0n) is 11.9. The summed E-state index contributed by atoms with van der Waals surface area (Å²) in [6, 6.07) is 4.48. The predicted molar refractivity (Wildman–Crippen MR) is 82.9 cm³/mol. The number of esters is 1. The van der Waals surface area contributed by atoms with Gasteiger partial charge in [-0.3, -0.25) is 0 Å². The van der Waals surface area contributed by atoms with Crippen molar-refractivity contribution in [2.75, 3.05) is 0 Å². The van der Waals surface area contributed by atoms with E-state index in [1.807, 2.05) is 0 Å². The third-order valence-electron chi connectivity index (χ3n) is 3.24. The molecule has 0 unspecified atom stereocenters. The van der Waals surface area contributed by atoms with E-state index in [1.54, 1.807) is 19.9 Å². The van der Waals surface area contributed by atoms with E-state index in [9.17, 15) is 9.59 Å². The van der Waals surface area contributed by atoms with Crippen LogP contribution in [-0.4, -0.2) is 17.0 Å². The number of nitrogens with one attached hydrogen (secondary N) is 1. The second-order valence-corrected chi connectivity index (χ2v) is 5.62. The molecular formula is C15H13Cl2NO4. The average molecular weight is 342 g/mol. The molecule has 5 nitrogen and oxygen atoms in total. The van der Waals surface area contributed by atoms with Crippen LogP contribution in [0.3, 0.4) is 0 Å². The molecule has 1 aliphatic rings. The number of rotatable bonds is 3. The number of halogens is 2. The molecule has 1 aromatic rings. The number of hydrogen-bond donors (Lipinski definition) is 2. The second kappa shape index (κ2) is 6.42. The molecule has 0 atom stereocenters. The minimum atomic E-state index is -1.08. The SMILES string of the molecule is CC1=C(C(=O)O)CC(C(=O)Oc2ccc(Cl)cc2Cl)=C(C)N1. The lowest BCUT2D eigenvalue weighted by Crippen LogP contribution is -2.26. The summed E-state index contributed by atoms with van der Waals surface area (Å²) in [7, 11) is 0. The third-order valence-corrected chi connectivity index (χ3v) is 3.77. The maximum atomic E-state index is 12.3. The molecule has 7 heteroatoms. The lowest BCUT2D eigenvalue weighted by Gasteiger charge is -2.21. The van der Waals surface area contributed by atoms with Gasteiger partial charge in [0.25, 0.3) is 0 Å². The number of carbonyl (C=O) groups excluding carboxylic acids is 1. The summed E-state index contributed by atoms with van der Waals surface area (Å²) < 4.78 is 5.23. The van der Waals surface area contributed by atoms with Gasteiger partial charge in [-0.2, -0.15) is 0 Å². The van der Waals surface area contributed by atoms with Crippen LogP contribution < -0.4 is 10.1 Å². The highest BCUT2D eigenvalue weighted by atomic mass is 35.5. The van der Waals surface area contributed by atoms with Crippen molar-refractivity contribution in [2.45, 2.75) is 20.3 Å². The summed E-state index contributed by atoms with van der Waals surface area (Å²) in [6.45, 7) is 3.33. The van der Waals surface area contributed by atoms with Crippen LogP contribution in [0.1, 0.15) is 20.3 Å². The topological polar surface area (TPSA) is 75.6 Å². The highest BCUT2D eigenvalue weighted by Crippen LogP contribution is 2.30. The molecule has 116 valence electrons. The quantitative estimate of drug-likeness (QED) is 0.649. The number of benzene rings is 1. The third kappa shape index (κ3) is 3.43. The van der Waals surface area contributed by atoms with Crippen molar-refractivity contribution in [2.24, 2.45) is 0 Å². The lowest BCUT2D eigenvalue weighted by molar-refractivity contribution is -0.132. The molecule has 0 fully saturated rings. The number of allylic oxidation sites excluding steroid dienone is 2. The summed E-state index contributed by atoms with van der Waals surface area (Å²) in [5.41, 5.74) is 1.43. The van der Waals surface area contributed by atoms with Gasteiger partial charge in [-0.25, -0.2) is 9.59 Å². The standard InChI is InChI=1S/C15H13Cl2NO4/c1-7-10(14(19)20)6-11(8(2)18-7)15(21)22-13-4-3-9(16)5-12(13)17/h3-5,18H,6H2,1-2H3,(H,19,20). The molecule has 0 saturated carbocycles. The number of carboxylic acid groups (broad SMARTS) is 1. The Hall–Kier alpha value is -1.98. The first-order valence-corrected chi connectivity index (χ1v) is 7.12. The van der Waals surface area contributed by atoms with Crippen LogP contribution in [0.5, 0.6) is 5.75 Å². The van der Waals surface area contributed by atoms with Crippen LogP contribution >= 0.6 is 23.2 Å². The minimum Gasteiger partial charge on any atom is -0.478 e. The number of dihydropyridines is 1. The van der Waals surface area contributed by atoms with E-state index in [0.717, 1.165) is 0 Å². The van der Waals surface area contributed by atoms with Crippen LogP contribution in [0.4, 0.5) is 0 Å². The molecule has 0 aromatic heterocycles. The van der Waals surface area contributed by atoms with Crippen molar-refractivity contribution in [3.8, 4) is 5.75 Å². The van der Waals surface area contributed by atoms with Gasteiger partial charge in [-0.05, 0) is 32.0 Å². The molecule has 2 rings (SSSR count). The molecule has 0 aliphatic carbocycles. The van der Waals surface area contributed by atoms with E-state index < -0.39 is 11.9 Å². The van der Waals surface area contributed by atoms with Crippen molar-refractivity contribution in [3.63, 3.8) is 0 Å². The van der Waals surface area contributed by atoms with Crippen LogP contribution in [-0.2, 0) is 9.59 Å². The number of carboxylic acids is 1. The van der Waals surface area contributed by atoms with Crippen molar-refractivity contribution in [1.82, 2.24) is 5.32 Å². The number of carbonyl (C=O) groups is 2. The highest BCUT2D eigenvalue weighted by Gasteiger charge is 2.26. The first kappa shape index (κ1) is 16.4. The van der Waals surface area contributed by atoms with Crippen LogP contribution in [0, 0.1) is 0 Å². The molecule has 22 heavy (non-hydrogen) atoms. The van der Waals surface area contributed by atoms with E-state index in [4.69, 9.17) is 33.0 Å². The van der Waals surface area contributed by atoms with Crippen LogP contribution in [0.25, 0.3) is 0 Å². The zero-order valence-corrected chi connectivity index (χ0v) is 13.4. The Morgan fingerprint density at radius 3 is 2.41 bits per heavy atom. The normalized spacial score (nSPS) is 14.7. The Kier molecular flexibility index (Phi) is 4.78. The smallest absolute Gasteiger partial charge is 0.341 e. The minimum absolute atomic E-state index is 0.00988.